The fourth-order valence-electron chi connectivity index (χ4n) is 1.76. The highest BCUT2D eigenvalue weighted by atomic mass is 35.5. The van der Waals surface area contributed by atoms with E-state index in [-0.39, 0.29) is 5.41 Å². The number of halogens is 1. The molecule has 102 valence electrons. The Kier molecular flexibility index (Phi) is 3.54. The van der Waals surface area contributed by atoms with Crippen LogP contribution in [0.4, 0.5) is 0 Å². The number of allylic oxidation sites excluding steroid dienone is 1. The number of nitrogens with one attached hydrogen (secondary N) is 1. The van der Waals surface area contributed by atoms with Crippen LogP contribution in [0.1, 0.15) is 32.2 Å². The van der Waals surface area contributed by atoms with E-state index in [1.54, 1.807) is 6.20 Å². The smallest absolute Gasteiger partial charge is 0.146 e. The summed E-state index contributed by atoms with van der Waals surface area (Å²) in [6, 6.07) is 0. The summed E-state index contributed by atoms with van der Waals surface area (Å²) >= 11 is 6.23. The third kappa shape index (κ3) is 2.73. The van der Waals surface area contributed by atoms with E-state index < -0.39 is 0 Å². The molecular formula is C14H19ClN4. The van der Waals surface area contributed by atoms with Gasteiger partial charge in [-0.2, -0.15) is 0 Å². The van der Waals surface area contributed by atoms with Gasteiger partial charge in [-0.3, -0.25) is 4.40 Å². The van der Waals surface area contributed by atoms with Gasteiger partial charge in [0.15, 0.2) is 0 Å². The Labute approximate surface area is 118 Å². The Morgan fingerprint density at radius 2 is 2.16 bits per heavy atom. The molecule has 0 saturated heterocycles. The van der Waals surface area contributed by atoms with Gasteiger partial charge in [0.05, 0.1) is 5.56 Å². The van der Waals surface area contributed by atoms with E-state index in [4.69, 9.17) is 11.6 Å². The predicted molar refractivity (Wildman–Crippen MR) is 78.2 cm³/mol. The first-order valence-electron chi connectivity index (χ1n) is 6.22. The van der Waals surface area contributed by atoms with Gasteiger partial charge in [-0.15, -0.1) is 0 Å². The summed E-state index contributed by atoms with van der Waals surface area (Å²) in [5, 5.41) is 3.80. The van der Waals surface area contributed by atoms with Crippen LogP contribution in [0.3, 0.4) is 0 Å². The lowest BCUT2D eigenvalue weighted by Gasteiger charge is -2.23. The largest absolute Gasteiger partial charge is 0.384 e. The Morgan fingerprint density at radius 3 is 2.79 bits per heavy atom. The van der Waals surface area contributed by atoms with E-state index in [9.17, 15) is 0 Å². The van der Waals surface area contributed by atoms with Crippen molar-refractivity contribution in [1.29, 1.82) is 0 Å². The van der Waals surface area contributed by atoms with Gasteiger partial charge in [-0.25, -0.2) is 9.97 Å². The zero-order valence-electron chi connectivity index (χ0n) is 11.8. The molecule has 19 heavy (non-hydrogen) atoms. The first-order valence-corrected chi connectivity index (χ1v) is 6.60. The monoisotopic (exact) mass is 278 g/mol. The van der Waals surface area contributed by atoms with E-state index in [0.717, 1.165) is 22.7 Å². The van der Waals surface area contributed by atoms with Crippen LogP contribution < -0.4 is 5.32 Å². The number of rotatable bonds is 3. The molecule has 5 heteroatoms. The molecule has 2 aromatic rings. The molecule has 0 bridgehead atoms. The Balaban J connectivity index is 2.31. The summed E-state index contributed by atoms with van der Waals surface area (Å²) in [7, 11) is 0. The highest BCUT2D eigenvalue weighted by molar-refractivity contribution is 6.30. The minimum Gasteiger partial charge on any atom is -0.384 e. The number of imidazole rings is 1. The molecule has 0 fully saturated rings. The number of nitrogens with zero attached hydrogens (tertiary/aromatic N) is 3. The van der Waals surface area contributed by atoms with Crippen molar-refractivity contribution in [3.8, 4) is 0 Å². The lowest BCUT2D eigenvalue weighted by molar-refractivity contribution is 0.461. The number of aromatic nitrogens is 3. The summed E-state index contributed by atoms with van der Waals surface area (Å²) in [6.07, 6.45) is 3.64. The molecule has 0 aliphatic heterocycles. The van der Waals surface area contributed by atoms with Crippen LogP contribution in [0, 0.1) is 12.3 Å². The molecule has 2 aromatic heterocycles. The molecule has 0 amide bonds. The van der Waals surface area contributed by atoms with Crippen molar-refractivity contribution in [2.75, 3.05) is 0 Å². The van der Waals surface area contributed by atoms with Crippen LogP contribution in [0.2, 0.25) is 5.15 Å². The summed E-state index contributed by atoms with van der Waals surface area (Å²) in [6.45, 7) is 12.9. The maximum atomic E-state index is 6.23. The van der Waals surface area contributed by atoms with E-state index in [1.165, 1.54) is 0 Å². The average Bonchev–Trinajstić information content (AvgIpc) is 2.76. The summed E-state index contributed by atoms with van der Waals surface area (Å²) in [5.74, 6) is 0.830. The summed E-state index contributed by atoms with van der Waals surface area (Å²) in [4.78, 5) is 8.68. The van der Waals surface area contributed by atoms with Crippen LogP contribution in [-0.2, 0) is 6.54 Å². The fraction of sp³-hybridized carbons (Fsp3) is 0.429. The normalized spacial score (nSPS) is 11.8. The van der Waals surface area contributed by atoms with Crippen molar-refractivity contribution in [3.05, 3.63) is 41.2 Å². The van der Waals surface area contributed by atoms with Gasteiger partial charge in [-0.1, -0.05) is 39.0 Å². The van der Waals surface area contributed by atoms with E-state index in [1.807, 2.05) is 17.5 Å². The quantitative estimate of drug-likeness (QED) is 0.876. The Morgan fingerprint density at radius 1 is 1.47 bits per heavy atom. The summed E-state index contributed by atoms with van der Waals surface area (Å²) < 4.78 is 1.93. The second-order valence-corrected chi connectivity index (χ2v) is 5.99. The second-order valence-electron chi connectivity index (χ2n) is 5.63. The van der Waals surface area contributed by atoms with Crippen LogP contribution in [0.25, 0.3) is 5.65 Å². The summed E-state index contributed by atoms with van der Waals surface area (Å²) in [5.41, 5.74) is 2.71. The number of hydrogen-bond acceptors (Lipinski definition) is 3. The van der Waals surface area contributed by atoms with Gasteiger partial charge in [-0.05, 0) is 6.92 Å². The molecular weight excluding hydrogens is 260 g/mol. The zero-order chi connectivity index (χ0) is 14.2. The minimum atomic E-state index is 0.0102. The van der Waals surface area contributed by atoms with Crippen LogP contribution in [0.15, 0.2) is 24.7 Å². The molecule has 0 atom stereocenters. The van der Waals surface area contributed by atoms with E-state index >= 15 is 0 Å². The van der Waals surface area contributed by atoms with Crippen molar-refractivity contribution in [2.45, 2.75) is 34.2 Å². The van der Waals surface area contributed by atoms with Gasteiger partial charge >= 0.3 is 0 Å². The molecule has 0 radical (unpaired) electrons. The third-order valence-corrected chi connectivity index (χ3v) is 3.46. The number of hydrogen-bond donors (Lipinski definition) is 1. The van der Waals surface area contributed by atoms with Gasteiger partial charge in [0.2, 0.25) is 0 Å². The molecule has 0 aliphatic rings. The van der Waals surface area contributed by atoms with Gasteiger partial charge in [0.1, 0.15) is 16.6 Å². The predicted octanol–water partition coefficient (Wildman–Crippen LogP) is 3.34. The molecule has 4 nitrogen and oxygen atoms in total. The van der Waals surface area contributed by atoms with Gasteiger partial charge in [0, 0.05) is 30.1 Å². The first kappa shape index (κ1) is 13.9. The third-order valence-electron chi connectivity index (χ3n) is 3.15. The Hall–Kier alpha value is -1.55. The second kappa shape index (κ2) is 4.85. The molecule has 1 N–H and O–H groups in total. The molecule has 2 rings (SSSR count). The van der Waals surface area contributed by atoms with Crippen molar-refractivity contribution in [3.63, 3.8) is 0 Å². The standard InChI is InChI=1S/C14H19ClN4/c1-9(14(3,4)5)17-8-11-12(15)18-10(2)19-7-6-16-13(11)19/h6-7,17H,1,8H2,2-5H3. The topological polar surface area (TPSA) is 42.2 Å². The fourth-order valence-corrected chi connectivity index (χ4v) is 2.03. The van der Waals surface area contributed by atoms with E-state index in [0.29, 0.717) is 11.7 Å². The van der Waals surface area contributed by atoms with Crippen LogP contribution >= 0.6 is 11.6 Å². The first-order chi connectivity index (χ1) is 8.80. The van der Waals surface area contributed by atoms with E-state index in [2.05, 4.69) is 42.6 Å². The van der Waals surface area contributed by atoms with Crippen LogP contribution in [0.5, 0.6) is 0 Å². The average molecular weight is 279 g/mol. The van der Waals surface area contributed by atoms with Gasteiger partial charge < -0.3 is 5.32 Å². The van der Waals surface area contributed by atoms with Crippen molar-refractivity contribution in [2.24, 2.45) is 5.41 Å². The maximum Gasteiger partial charge on any atom is 0.146 e. The minimum absolute atomic E-state index is 0.0102. The zero-order valence-corrected chi connectivity index (χ0v) is 12.5. The molecule has 0 aliphatic carbocycles. The van der Waals surface area contributed by atoms with Crippen molar-refractivity contribution >= 4 is 17.2 Å². The molecule has 0 aromatic carbocycles. The molecule has 2 heterocycles. The number of fused-ring (bicyclic) bond motifs is 1. The number of aryl methyl sites for hydroxylation is 1. The molecule has 0 saturated carbocycles. The van der Waals surface area contributed by atoms with Crippen LogP contribution in [-0.4, -0.2) is 14.4 Å². The highest BCUT2D eigenvalue weighted by Crippen LogP contribution is 2.23. The van der Waals surface area contributed by atoms with Crippen molar-refractivity contribution in [1.82, 2.24) is 19.7 Å². The Bertz CT molecular complexity index is 622. The SMILES string of the molecule is C=C(NCc1c(Cl)nc(C)n2ccnc12)C(C)(C)C. The highest BCUT2D eigenvalue weighted by Gasteiger charge is 2.17. The van der Waals surface area contributed by atoms with Crippen molar-refractivity contribution < 1.29 is 0 Å². The maximum absolute atomic E-state index is 6.23. The lowest BCUT2D eigenvalue weighted by atomic mass is 9.93. The molecule has 0 spiro atoms. The molecule has 0 unspecified atom stereocenters. The van der Waals surface area contributed by atoms with Gasteiger partial charge in [0.25, 0.3) is 0 Å². The lowest BCUT2D eigenvalue weighted by Crippen LogP contribution is -2.23.